The Morgan fingerprint density at radius 3 is 1.58 bits per heavy atom. The lowest BCUT2D eigenvalue weighted by molar-refractivity contribution is 0.145. The fraction of sp³-hybridized carbons (Fsp3) is 0.379. The standard InChI is InChI=1S/C29H38N2/c1-4-21-31(22-5-2)29(24(3)30-23-25-15-9-6-10-16-25)28(26-17-11-7-12-18-26)27-19-13-8-14-20-27/h6-20,24,28-30H,4-5,21-23H2,1-3H3/t24?,29-/m1/s1. The highest BCUT2D eigenvalue weighted by molar-refractivity contribution is 5.35. The zero-order chi connectivity index (χ0) is 21.9. The summed E-state index contributed by atoms with van der Waals surface area (Å²) in [4.78, 5) is 2.72. The van der Waals surface area contributed by atoms with Crippen LogP contribution < -0.4 is 5.32 Å². The van der Waals surface area contributed by atoms with Gasteiger partial charge in [0.15, 0.2) is 0 Å². The summed E-state index contributed by atoms with van der Waals surface area (Å²) in [6.07, 6.45) is 2.33. The Balaban J connectivity index is 1.98. The minimum absolute atomic E-state index is 0.318. The Hall–Kier alpha value is -2.42. The predicted molar refractivity (Wildman–Crippen MR) is 133 cm³/mol. The molecule has 3 aromatic rings. The van der Waals surface area contributed by atoms with Crippen LogP contribution in [0.3, 0.4) is 0 Å². The van der Waals surface area contributed by atoms with Crippen LogP contribution in [0.5, 0.6) is 0 Å². The van der Waals surface area contributed by atoms with E-state index in [0.29, 0.717) is 18.0 Å². The van der Waals surface area contributed by atoms with Crippen molar-refractivity contribution in [3.05, 3.63) is 108 Å². The average Bonchev–Trinajstić information content (AvgIpc) is 2.82. The van der Waals surface area contributed by atoms with Crippen molar-refractivity contribution in [2.24, 2.45) is 0 Å². The van der Waals surface area contributed by atoms with Gasteiger partial charge < -0.3 is 5.32 Å². The van der Waals surface area contributed by atoms with E-state index in [4.69, 9.17) is 0 Å². The highest BCUT2D eigenvalue weighted by Gasteiger charge is 2.33. The maximum Gasteiger partial charge on any atom is 0.0355 e. The first-order chi connectivity index (χ1) is 15.2. The van der Waals surface area contributed by atoms with Crippen LogP contribution >= 0.6 is 0 Å². The molecule has 3 aromatic carbocycles. The number of nitrogens with one attached hydrogen (secondary N) is 1. The summed E-state index contributed by atoms with van der Waals surface area (Å²) in [6.45, 7) is 10.1. The summed E-state index contributed by atoms with van der Waals surface area (Å²) >= 11 is 0. The molecule has 0 aliphatic carbocycles. The van der Waals surface area contributed by atoms with Crippen LogP contribution in [0, 0.1) is 0 Å². The van der Waals surface area contributed by atoms with Crippen LogP contribution in [-0.2, 0) is 6.54 Å². The quantitative estimate of drug-likeness (QED) is 0.364. The molecule has 164 valence electrons. The molecule has 2 heteroatoms. The lowest BCUT2D eigenvalue weighted by Gasteiger charge is -2.41. The molecule has 1 N–H and O–H groups in total. The molecule has 0 radical (unpaired) electrons. The fourth-order valence-corrected chi connectivity index (χ4v) is 4.70. The van der Waals surface area contributed by atoms with Gasteiger partial charge in [0.1, 0.15) is 0 Å². The van der Waals surface area contributed by atoms with Gasteiger partial charge in [-0.15, -0.1) is 0 Å². The third-order valence-electron chi connectivity index (χ3n) is 6.09. The zero-order valence-electron chi connectivity index (χ0n) is 19.4. The molecule has 0 saturated carbocycles. The van der Waals surface area contributed by atoms with Gasteiger partial charge in [-0.2, -0.15) is 0 Å². The molecular formula is C29H38N2. The second kappa shape index (κ2) is 12.4. The molecule has 1 unspecified atom stereocenters. The van der Waals surface area contributed by atoms with Crippen LogP contribution in [0.1, 0.15) is 56.2 Å². The van der Waals surface area contributed by atoms with Crippen LogP contribution in [0.2, 0.25) is 0 Å². The Labute approximate surface area is 189 Å². The first-order valence-corrected chi connectivity index (χ1v) is 11.9. The minimum Gasteiger partial charge on any atom is -0.309 e. The van der Waals surface area contributed by atoms with Gasteiger partial charge in [0.05, 0.1) is 0 Å². The summed E-state index contributed by atoms with van der Waals surface area (Å²) in [5.74, 6) is 0.318. The van der Waals surface area contributed by atoms with Crippen molar-refractivity contribution >= 4 is 0 Å². The third-order valence-corrected chi connectivity index (χ3v) is 6.09. The first-order valence-electron chi connectivity index (χ1n) is 11.9. The summed E-state index contributed by atoms with van der Waals surface area (Å²) in [5, 5.41) is 3.87. The maximum atomic E-state index is 3.87. The van der Waals surface area contributed by atoms with Gasteiger partial charge in [0.25, 0.3) is 0 Å². The molecule has 0 aliphatic heterocycles. The highest BCUT2D eigenvalue weighted by atomic mass is 15.2. The van der Waals surface area contributed by atoms with Crippen molar-refractivity contribution in [3.8, 4) is 0 Å². The molecule has 2 atom stereocenters. The molecule has 0 spiro atoms. The number of hydrogen-bond acceptors (Lipinski definition) is 2. The number of hydrogen-bond donors (Lipinski definition) is 1. The van der Waals surface area contributed by atoms with Crippen LogP contribution in [0.25, 0.3) is 0 Å². The van der Waals surface area contributed by atoms with Crippen LogP contribution in [0.4, 0.5) is 0 Å². The molecule has 0 heterocycles. The molecule has 0 amide bonds. The van der Waals surface area contributed by atoms with Crippen LogP contribution in [-0.4, -0.2) is 30.1 Å². The van der Waals surface area contributed by atoms with Crippen molar-refractivity contribution < 1.29 is 0 Å². The van der Waals surface area contributed by atoms with E-state index in [2.05, 4.69) is 122 Å². The van der Waals surface area contributed by atoms with E-state index in [-0.39, 0.29) is 0 Å². The summed E-state index contributed by atoms with van der Waals surface area (Å²) in [5.41, 5.74) is 4.12. The molecule has 0 bridgehead atoms. The van der Waals surface area contributed by atoms with E-state index < -0.39 is 0 Å². The largest absolute Gasteiger partial charge is 0.309 e. The van der Waals surface area contributed by atoms with Crippen molar-refractivity contribution in [1.82, 2.24) is 10.2 Å². The Morgan fingerprint density at radius 1 is 0.677 bits per heavy atom. The van der Waals surface area contributed by atoms with E-state index in [0.717, 1.165) is 32.5 Å². The Kier molecular flexibility index (Phi) is 9.33. The molecule has 0 fully saturated rings. The second-order valence-corrected chi connectivity index (χ2v) is 8.48. The predicted octanol–water partition coefficient (Wildman–Crippen LogP) is 6.49. The van der Waals surface area contributed by atoms with Crippen molar-refractivity contribution in [1.29, 1.82) is 0 Å². The Morgan fingerprint density at radius 2 is 1.13 bits per heavy atom. The van der Waals surface area contributed by atoms with Crippen molar-refractivity contribution in [3.63, 3.8) is 0 Å². The summed E-state index contributed by atoms with van der Waals surface area (Å²) in [7, 11) is 0. The molecule has 2 nitrogen and oxygen atoms in total. The molecule has 0 aromatic heterocycles. The summed E-state index contributed by atoms with van der Waals surface area (Å²) in [6, 6.07) is 33.6. The van der Waals surface area contributed by atoms with E-state index in [1.807, 2.05) is 0 Å². The first kappa shape index (κ1) is 23.2. The minimum atomic E-state index is 0.318. The number of nitrogens with zero attached hydrogens (tertiary/aromatic N) is 1. The average molecular weight is 415 g/mol. The SMILES string of the molecule is CCCN(CCC)[C@H](C(C)NCc1ccccc1)C(c1ccccc1)c1ccccc1. The monoisotopic (exact) mass is 414 g/mol. The van der Waals surface area contributed by atoms with Gasteiger partial charge >= 0.3 is 0 Å². The van der Waals surface area contributed by atoms with Gasteiger partial charge in [-0.05, 0) is 49.5 Å². The topological polar surface area (TPSA) is 15.3 Å². The Bertz CT molecular complexity index is 802. The van der Waals surface area contributed by atoms with E-state index in [1.165, 1.54) is 16.7 Å². The fourth-order valence-electron chi connectivity index (χ4n) is 4.70. The summed E-state index contributed by atoms with van der Waals surface area (Å²) < 4.78 is 0. The van der Waals surface area contributed by atoms with Crippen molar-refractivity contribution in [2.75, 3.05) is 13.1 Å². The second-order valence-electron chi connectivity index (χ2n) is 8.48. The van der Waals surface area contributed by atoms with E-state index in [9.17, 15) is 0 Å². The van der Waals surface area contributed by atoms with Gasteiger partial charge in [0.2, 0.25) is 0 Å². The normalized spacial score (nSPS) is 13.5. The molecule has 3 rings (SSSR count). The molecule has 0 aliphatic rings. The molecular weight excluding hydrogens is 376 g/mol. The maximum absolute atomic E-state index is 3.87. The van der Waals surface area contributed by atoms with Gasteiger partial charge in [-0.3, -0.25) is 4.90 Å². The van der Waals surface area contributed by atoms with Crippen molar-refractivity contribution in [2.45, 2.75) is 58.2 Å². The van der Waals surface area contributed by atoms with Crippen LogP contribution in [0.15, 0.2) is 91.0 Å². The number of benzene rings is 3. The van der Waals surface area contributed by atoms with E-state index >= 15 is 0 Å². The number of rotatable bonds is 12. The molecule has 31 heavy (non-hydrogen) atoms. The highest BCUT2D eigenvalue weighted by Crippen LogP contribution is 2.33. The van der Waals surface area contributed by atoms with E-state index in [1.54, 1.807) is 0 Å². The van der Waals surface area contributed by atoms with Gasteiger partial charge in [-0.25, -0.2) is 0 Å². The van der Waals surface area contributed by atoms with Gasteiger partial charge in [-0.1, -0.05) is 105 Å². The zero-order valence-corrected chi connectivity index (χ0v) is 19.4. The van der Waals surface area contributed by atoms with Gasteiger partial charge in [0, 0.05) is 24.5 Å². The lowest BCUT2D eigenvalue weighted by atomic mass is 9.81. The third kappa shape index (κ3) is 6.53. The lowest BCUT2D eigenvalue weighted by Crippen LogP contribution is -2.52. The smallest absolute Gasteiger partial charge is 0.0355 e. The molecule has 0 saturated heterocycles.